The van der Waals surface area contributed by atoms with Crippen LogP contribution in [0.1, 0.15) is 49.9 Å². The summed E-state index contributed by atoms with van der Waals surface area (Å²) in [6, 6.07) is 0. The quantitative estimate of drug-likeness (QED) is 0.729. The predicted molar refractivity (Wildman–Crippen MR) is 106 cm³/mol. The van der Waals surface area contributed by atoms with Gasteiger partial charge in [0.15, 0.2) is 5.78 Å². The van der Waals surface area contributed by atoms with Gasteiger partial charge in [0, 0.05) is 17.7 Å². The van der Waals surface area contributed by atoms with Gasteiger partial charge in [0.2, 0.25) is 0 Å². The molecule has 2 aliphatic rings. The lowest BCUT2D eigenvalue weighted by Gasteiger charge is -2.45. The minimum atomic E-state index is -0.491. The molecule has 1 aromatic rings. The van der Waals surface area contributed by atoms with Crippen molar-refractivity contribution in [3.8, 4) is 0 Å². The molecule has 3 nitrogen and oxygen atoms in total. The first-order valence-corrected chi connectivity index (χ1v) is 9.57. The number of thiazole rings is 1. The summed E-state index contributed by atoms with van der Waals surface area (Å²) in [5.74, 6) is 1.12. The maximum Gasteiger partial charge on any atom is 0.162 e. The number of carbonyl (C=O) groups is 1. The number of nitrogens with one attached hydrogen (secondary N) is 1. The molecule has 1 aliphatic heterocycles. The Morgan fingerprint density at radius 2 is 2.12 bits per heavy atom. The van der Waals surface area contributed by atoms with Crippen LogP contribution in [-0.2, 0) is 10.2 Å². The van der Waals surface area contributed by atoms with Crippen molar-refractivity contribution in [1.29, 1.82) is 0 Å². The summed E-state index contributed by atoms with van der Waals surface area (Å²) in [7, 11) is 0. The van der Waals surface area contributed by atoms with E-state index in [0.717, 1.165) is 45.4 Å². The number of hydrogen-bond donors (Lipinski definition) is 1. The summed E-state index contributed by atoms with van der Waals surface area (Å²) in [4.78, 5) is 19.0. The van der Waals surface area contributed by atoms with Crippen LogP contribution in [0.2, 0.25) is 0 Å². The third kappa shape index (κ3) is 2.73. The van der Waals surface area contributed by atoms with Crippen LogP contribution >= 0.6 is 11.3 Å². The Bertz CT molecular complexity index is 825. The van der Waals surface area contributed by atoms with Crippen molar-refractivity contribution in [2.45, 2.75) is 52.4 Å². The van der Waals surface area contributed by atoms with Gasteiger partial charge in [0.25, 0.3) is 0 Å². The normalized spacial score (nSPS) is 24.7. The molecule has 0 radical (unpaired) electrons. The van der Waals surface area contributed by atoms with E-state index in [2.05, 4.69) is 39.2 Å². The van der Waals surface area contributed by atoms with E-state index >= 15 is 0 Å². The summed E-state index contributed by atoms with van der Waals surface area (Å²) in [6.45, 7) is 16.6. The number of anilines is 1. The highest BCUT2D eigenvalue weighted by atomic mass is 32.1. The van der Waals surface area contributed by atoms with Crippen LogP contribution in [0.4, 0.5) is 5.82 Å². The van der Waals surface area contributed by atoms with Gasteiger partial charge in [-0.1, -0.05) is 52.2 Å². The van der Waals surface area contributed by atoms with Crippen LogP contribution in [0.3, 0.4) is 0 Å². The Kier molecular flexibility index (Phi) is 4.36. The highest BCUT2D eigenvalue weighted by Gasteiger charge is 2.50. The molecular weight excluding hydrogens is 328 g/mol. The fourth-order valence-electron chi connectivity index (χ4n) is 4.18. The van der Waals surface area contributed by atoms with Crippen LogP contribution in [0.15, 0.2) is 48.2 Å². The molecule has 0 aromatic carbocycles. The van der Waals surface area contributed by atoms with E-state index in [4.69, 9.17) is 4.98 Å². The first kappa shape index (κ1) is 17.9. The second kappa shape index (κ2) is 6.10. The van der Waals surface area contributed by atoms with Gasteiger partial charge < -0.3 is 5.32 Å². The van der Waals surface area contributed by atoms with Crippen LogP contribution < -0.4 is 5.32 Å². The molecule has 0 saturated heterocycles. The number of allylic oxidation sites excluding steroid dienone is 6. The maximum atomic E-state index is 13.2. The van der Waals surface area contributed by atoms with Crippen molar-refractivity contribution in [1.82, 2.24) is 4.98 Å². The standard InChI is InChI=1S/C21H26N2OS/c1-7-9-10-13(3)21(8-2)17-15(11-20(5,6)12-16(17)24)23-19-18(21)25-14(4)22-19/h7,9-10,23H,1,3,8,11-12H2,2,4-6H3/b10-9-. The van der Waals surface area contributed by atoms with Crippen molar-refractivity contribution < 1.29 is 4.79 Å². The highest BCUT2D eigenvalue weighted by Crippen LogP contribution is 2.55. The molecule has 25 heavy (non-hydrogen) atoms. The minimum absolute atomic E-state index is 0.0384. The molecule has 0 fully saturated rings. The highest BCUT2D eigenvalue weighted by molar-refractivity contribution is 7.12. The largest absolute Gasteiger partial charge is 0.342 e. The van der Waals surface area contributed by atoms with E-state index in [-0.39, 0.29) is 11.2 Å². The Balaban J connectivity index is 2.29. The zero-order valence-corrected chi connectivity index (χ0v) is 16.3. The fraction of sp³-hybridized carbons (Fsp3) is 0.429. The summed E-state index contributed by atoms with van der Waals surface area (Å²) >= 11 is 1.66. The van der Waals surface area contributed by atoms with Crippen LogP contribution in [0, 0.1) is 12.3 Å². The Labute approximate surface area is 154 Å². The van der Waals surface area contributed by atoms with Gasteiger partial charge in [0.05, 0.1) is 15.3 Å². The van der Waals surface area contributed by atoms with Gasteiger partial charge >= 0.3 is 0 Å². The van der Waals surface area contributed by atoms with Crippen LogP contribution in [0.5, 0.6) is 0 Å². The molecule has 132 valence electrons. The zero-order valence-electron chi connectivity index (χ0n) is 15.5. The Morgan fingerprint density at radius 3 is 2.76 bits per heavy atom. The molecule has 3 rings (SSSR count). The average Bonchev–Trinajstić information content (AvgIpc) is 2.89. The molecule has 1 N–H and O–H groups in total. The van der Waals surface area contributed by atoms with Crippen molar-refractivity contribution in [2.75, 3.05) is 5.32 Å². The van der Waals surface area contributed by atoms with Gasteiger partial charge in [-0.25, -0.2) is 4.98 Å². The molecular formula is C21H26N2OS. The molecule has 1 atom stereocenters. The second-order valence-electron chi connectivity index (χ2n) is 7.71. The Hall–Kier alpha value is -1.94. The number of ketones is 1. The molecule has 0 saturated carbocycles. The SMILES string of the molecule is C=C/C=C\C(=C)C1(CC)C2=C(CC(C)(C)CC2=O)Nc2nc(C)sc21. The van der Waals surface area contributed by atoms with Crippen molar-refractivity contribution in [3.05, 3.63) is 58.1 Å². The molecule has 0 spiro atoms. The monoisotopic (exact) mass is 354 g/mol. The van der Waals surface area contributed by atoms with E-state index in [1.54, 1.807) is 17.4 Å². The third-order valence-electron chi connectivity index (χ3n) is 5.20. The first-order chi connectivity index (χ1) is 11.7. The van der Waals surface area contributed by atoms with Crippen molar-refractivity contribution >= 4 is 22.9 Å². The average molecular weight is 355 g/mol. The number of aryl methyl sites for hydroxylation is 1. The number of nitrogens with zero attached hydrogens (tertiary/aromatic N) is 1. The number of rotatable bonds is 4. The smallest absolute Gasteiger partial charge is 0.162 e. The summed E-state index contributed by atoms with van der Waals surface area (Å²) < 4.78 is 0. The molecule has 1 aliphatic carbocycles. The van der Waals surface area contributed by atoms with E-state index in [1.807, 2.05) is 19.1 Å². The molecule has 1 unspecified atom stereocenters. The summed E-state index contributed by atoms with van der Waals surface area (Å²) in [5, 5.41) is 4.48. The lowest BCUT2D eigenvalue weighted by atomic mass is 9.62. The number of carbonyl (C=O) groups excluding carboxylic acids is 1. The number of Topliss-reactive ketones (excluding diaryl/α,β-unsaturated/α-hetero) is 1. The number of hydrogen-bond acceptors (Lipinski definition) is 4. The number of fused-ring (bicyclic) bond motifs is 1. The van der Waals surface area contributed by atoms with Gasteiger partial charge in [0.1, 0.15) is 5.82 Å². The summed E-state index contributed by atoms with van der Waals surface area (Å²) in [5.41, 5.74) is 2.32. The Morgan fingerprint density at radius 1 is 1.40 bits per heavy atom. The molecule has 0 amide bonds. The van der Waals surface area contributed by atoms with E-state index < -0.39 is 5.41 Å². The molecule has 0 bridgehead atoms. The topological polar surface area (TPSA) is 42.0 Å². The van der Waals surface area contributed by atoms with Crippen molar-refractivity contribution in [3.63, 3.8) is 0 Å². The lowest BCUT2D eigenvalue weighted by Crippen LogP contribution is -2.43. The zero-order chi connectivity index (χ0) is 18.4. The maximum absolute atomic E-state index is 13.2. The van der Waals surface area contributed by atoms with E-state index in [1.165, 1.54) is 0 Å². The third-order valence-corrected chi connectivity index (χ3v) is 6.34. The second-order valence-corrected chi connectivity index (χ2v) is 8.91. The molecule has 4 heteroatoms. The van der Waals surface area contributed by atoms with E-state index in [9.17, 15) is 4.79 Å². The van der Waals surface area contributed by atoms with E-state index in [0.29, 0.717) is 6.42 Å². The van der Waals surface area contributed by atoms with Crippen LogP contribution in [-0.4, -0.2) is 10.8 Å². The van der Waals surface area contributed by atoms with Gasteiger partial charge in [-0.05, 0) is 30.8 Å². The van der Waals surface area contributed by atoms with Gasteiger partial charge in [-0.15, -0.1) is 11.3 Å². The first-order valence-electron chi connectivity index (χ1n) is 8.75. The van der Waals surface area contributed by atoms with Gasteiger partial charge in [-0.3, -0.25) is 4.79 Å². The molecule has 1 aromatic heterocycles. The predicted octanol–water partition coefficient (Wildman–Crippen LogP) is 5.47. The fourth-order valence-corrected chi connectivity index (χ4v) is 5.36. The molecule has 2 heterocycles. The lowest BCUT2D eigenvalue weighted by molar-refractivity contribution is -0.118. The minimum Gasteiger partial charge on any atom is -0.342 e. The number of aromatic nitrogens is 1. The summed E-state index contributed by atoms with van der Waals surface area (Å²) in [6.07, 6.45) is 7.83. The van der Waals surface area contributed by atoms with Gasteiger partial charge in [-0.2, -0.15) is 0 Å². The van der Waals surface area contributed by atoms with Crippen LogP contribution in [0.25, 0.3) is 0 Å². The van der Waals surface area contributed by atoms with Crippen molar-refractivity contribution in [2.24, 2.45) is 5.41 Å².